The number of nitrogens with two attached hydrogens (primary N) is 1. The van der Waals surface area contributed by atoms with Crippen molar-refractivity contribution in [2.45, 2.75) is 32.7 Å². The van der Waals surface area contributed by atoms with Crippen molar-refractivity contribution >= 4 is 11.5 Å². The Kier molecular flexibility index (Phi) is 3.84. The summed E-state index contributed by atoms with van der Waals surface area (Å²) < 4.78 is 0. The van der Waals surface area contributed by atoms with E-state index in [4.69, 9.17) is 5.73 Å². The molecule has 17 heavy (non-hydrogen) atoms. The number of nitrogens with one attached hydrogen (secondary N) is 1. The van der Waals surface area contributed by atoms with Gasteiger partial charge in [-0.05, 0) is 44.5 Å². The van der Waals surface area contributed by atoms with Crippen molar-refractivity contribution < 1.29 is 0 Å². The van der Waals surface area contributed by atoms with Gasteiger partial charge in [-0.15, -0.1) is 0 Å². The van der Waals surface area contributed by atoms with Gasteiger partial charge in [0.1, 0.15) is 5.82 Å². The average molecular weight is 234 g/mol. The summed E-state index contributed by atoms with van der Waals surface area (Å²) in [5, 5.41) is 3.37. The van der Waals surface area contributed by atoms with Crippen LogP contribution in [0.25, 0.3) is 0 Å². The third kappa shape index (κ3) is 2.88. The molecule has 0 spiro atoms. The molecule has 2 rings (SSSR count). The Labute approximate surface area is 103 Å². The number of nitrogens with zero attached hydrogens (tertiary/aromatic N) is 2. The van der Waals surface area contributed by atoms with E-state index in [-0.39, 0.29) is 0 Å². The van der Waals surface area contributed by atoms with E-state index in [1.807, 2.05) is 19.2 Å². The average Bonchev–Trinajstić information content (AvgIpc) is 2.75. The minimum atomic E-state index is 0.627. The standard InChI is InChI=1S/C13H22N4/c1-3-17-6-4-5-11(17)9-16-13-12(14)7-10(2)8-15-13/h7-8,11H,3-6,9,14H2,1-2H3,(H,15,16). The molecule has 1 aromatic rings. The van der Waals surface area contributed by atoms with E-state index in [1.54, 1.807) is 0 Å². The molecule has 0 bridgehead atoms. The van der Waals surface area contributed by atoms with Crippen LogP contribution in [0, 0.1) is 6.92 Å². The summed E-state index contributed by atoms with van der Waals surface area (Å²) in [5.74, 6) is 0.818. The van der Waals surface area contributed by atoms with Crippen LogP contribution in [0.15, 0.2) is 12.3 Å². The number of likely N-dealkylation sites (N-methyl/N-ethyl adjacent to an activating group) is 1. The number of aromatic nitrogens is 1. The number of pyridine rings is 1. The number of hydrogen-bond donors (Lipinski definition) is 2. The second-order valence-electron chi connectivity index (χ2n) is 4.76. The monoisotopic (exact) mass is 234 g/mol. The van der Waals surface area contributed by atoms with Crippen LogP contribution in [-0.2, 0) is 0 Å². The summed E-state index contributed by atoms with van der Waals surface area (Å²) in [5.41, 5.74) is 7.78. The highest BCUT2D eigenvalue weighted by atomic mass is 15.2. The number of nitrogen functional groups attached to an aromatic ring is 1. The van der Waals surface area contributed by atoms with Gasteiger partial charge in [0.05, 0.1) is 5.69 Å². The van der Waals surface area contributed by atoms with E-state index in [9.17, 15) is 0 Å². The van der Waals surface area contributed by atoms with Gasteiger partial charge in [-0.25, -0.2) is 4.98 Å². The van der Waals surface area contributed by atoms with Crippen molar-refractivity contribution in [1.29, 1.82) is 0 Å². The number of aryl methyl sites for hydroxylation is 1. The van der Waals surface area contributed by atoms with Gasteiger partial charge in [-0.3, -0.25) is 4.90 Å². The molecule has 0 amide bonds. The first-order valence-corrected chi connectivity index (χ1v) is 6.40. The molecule has 3 N–H and O–H groups in total. The summed E-state index contributed by atoms with van der Waals surface area (Å²) >= 11 is 0. The van der Waals surface area contributed by atoms with Gasteiger partial charge in [0, 0.05) is 18.8 Å². The van der Waals surface area contributed by atoms with E-state index in [2.05, 4.69) is 22.1 Å². The predicted molar refractivity (Wildman–Crippen MR) is 72.1 cm³/mol. The third-order valence-corrected chi connectivity index (χ3v) is 3.46. The van der Waals surface area contributed by atoms with E-state index in [0.29, 0.717) is 6.04 Å². The lowest BCUT2D eigenvalue weighted by Gasteiger charge is -2.23. The summed E-state index contributed by atoms with van der Waals surface area (Å²) in [6.45, 7) is 7.51. The summed E-state index contributed by atoms with van der Waals surface area (Å²) in [7, 11) is 0. The quantitative estimate of drug-likeness (QED) is 0.835. The first-order chi connectivity index (χ1) is 8.20. The molecule has 0 radical (unpaired) electrons. The van der Waals surface area contributed by atoms with Gasteiger partial charge in [0.25, 0.3) is 0 Å². The normalized spacial score (nSPS) is 20.7. The highest BCUT2D eigenvalue weighted by Gasteiger charge is 2.22. The van der Waals surface area contributed by atoms with Crippen LogP contribution in [0.4, 0.5) is 11.5 Å². The first-order valence-electron chi connectivity index (χ1n) is 6.40. The lowest BCUT2D eigenvalue weighted by atomic mass is 10.2. The van der Waals surface area contributed by atoms with E-state index in [0.717, 1.165) is 30.2 Å². The molecular formula is C13H22N4. The van der Waals surface area contributed by atoms with Gasteiger partial charge >= 0.3 is 0 Å². The first kappa shape index (κ1) is 12.2. The smallest absolute Gasteiger partial charge is 0.149 e. The zero-order valence-electron chi connectivity index (χ0n) is 10.7. The largest absolute Gasteiger partial charge is 0.396 e. The second kappa shape index (κ2) is 5.36. The van der Waals surface area contributed by atoms with Crippen molar-refractivity contribution in [3.8, 4) is 0 Å². The molecule has 0 aliphatic carbocycles. The highest BCUT2D eigenvalue weighted by Crippen LogP contribution is 2.19. The number of rotatable bonds is 4. The maximum Gasteiger partial charge on any atom is 0.149 e. The SMILES string of the molecule is CCN1CCCC1CNc1ncc(C)cc1N. The van der Waals surface area contributed by atoms with Crippen LogP contribution in [0.3, 0.4) is 0 Å². The zero-order valence-corrected chi connectivity index (χ0v) is 10.7. The van der Waals surface area contributed by atoms with Gasteiger partial charge in [-0.2, -0.15) is 0 Å². The maximum atomic E-state index is 5.93. The molecule has 0 saturated carbocycles. The van der Waals surface area contributed by atoms with Gasteiger partial charge in [0.15, 0.2) is 0 Å². The van der Waals surface area contributed by atoms with Gasteiger partial charge in [-0.1, -0.05) is 6.92 Å². The lowest BCUT2D eigenvalue weighted by Crippen LogP contribution is -2.34. The zero-order chi connectivity index (χ0) is 12.3. The fraction of sp³-hybridized carbons (Fsp3) is 0.615. The fourth-order valence-electron chi connectivity index (χ4n) is 2.50. The number of anilines is 2. The molecule has 1 aliphatic heterocycles. The second-order valence-corrected chi connectivity index (χ2v) is 4.76. The Balaban J connectivity index is 1.93. The summed E-state index contributed by atoms with van der Waals surface area (Å²) in [6, 6.07) is 2.59. The molecule has 94 valence electrons. The Bertz CT molecular complexity index is 378. The minimum Gasteiger partial charge on any atom is -0.396 e. The van der Waals surface area contributed by atoms with Crippen LogP contribution in [0.1, 0.15) is 25.3 Å². The van der Waals surface area contributed by atoms with Crippen molar-refractivity contribution in [2.24, 2.45) is 0 Å². The Morgan fingerprint density at radius 2 is 2.41 bits per heavy atom. The fourth-order valence-corrected chi connectivity index (χ4v) is 2.50. The molecule has 1 saturated heterocycles. The third-order valence-electron chi connectivity index (χ3n) is 3.46. The van der Waals surface area contributed by atoms with E-state index < -0.39 is 0 Å². The summed E-state index contributed by atoms with van der Waals surface area (Å²) in [6.07, 6.45) is 4.43. The van der Waals surface area contributed by atoms with Gasteiger partial charge < -0.3 is 11.1 Å². The van der Waals surface area contributed by atoms with E-state index >= 15 is 0 Å². The number of likely N-dealkylation sites (tertiary alicyclic amines) is 1. The van der Waals surface area contributed by atoms with Crippen LogP contribution in [0.2, 0.25) is 0 Å². The molecule has 1 aliphatic rings. The number of hydrogen-bond acceptors (Lipinski definition) is 4. The predicted octanol–water partition coefficient (Wildman–Crippen LogP) is 1.87. The molecule has 1 fully saturated rings. The molecule has 4 nitrogen and oxygen atoms in total. The molecule has 4 heteroatoms. The molecule has 1 aromatic heterocycles. The van der Waals surface area contributed by atoms with Crippen LogP contribution in [-0.4, -0.2) is 35.6 Å². The Morgan fingerprint density at radius 1 is 1.59 bits per heavy atom. The Hall–Kier alpha value is -1.29. The molecule has 1 atom stereocenters. The minimum absolute atomic E-state index is 0.627. The van der Waals surface area contributed by atoms with E-state index in [1.165, 1.54) is 19.4 Å². The molecule has 0 aromatic carbocycles. The highest BCUT2D eigenvalue weighted by molar-refractivity contribution is 5.61. The lowest BCUT2D eigenvalue weighted by molar-refractivity contribution is 0.277. The molecule has 2 heterocycles. The van der Waals surface area contributed by atoms with Crippen LogP contribution < -0.4 is 11.1 Å². The molecular weight excluding hydrogens is 212 g/mol. The Morgan fingerprint density at radius 3 is 3.12 bits per heavy atom. The topological polar surface area (TPSA) is 54.2 Å². The van der Waals surface area contributed by atoms with Crippen molar-refractivity contribution in [2.75, 3.05) is 30.7 Å². The van der Waals surface area contributed by atoms with Crippen molar-refractivity contribution in [3.05, 3.63) is 17.8 Å². The van der Waals surface area contributed by atoms with Crippen LogP contribution in [0.5, 0.6) is 0 Å². The maximum absolute atomic E-state index is 5.93. The summed E-state index contributed by atoms with van der Waals surface area (Å²) in [4.78, 5) is 6.85. The van der Waals surface area contributed by atoms with Crippen LogP contribution >= 0.6 is 0 Å². The van der Waals surface area contributed by atoms with Crippen molar-refractivity contribution in [3.63, 3.8) is 0 Å². The van der Waals surface area contributed by atoms with Crippen molar-refractivity contribution in [1.82, 2.24) is 9.88 Å². The molecule has 1 unspecified atom stereocenters. The van der Waals surface area contributed by atoms with Gasteiger partial charge in [0.2, 0.25) is 0 Å².